The molecule has 0 bridgehead atoms. The van der Waals surface area contributed by atoms with Crippen molar-refractivity contribution >= 4 is 62.9 Å². The third-order valence-electron chi connectivity index (χ3n) is 19.7. The van der Waals surface area contributed by atoms with Crippen LogP contribution in [0.25, 0.3) is 93.9 Å². The minimum absolute atomic E-state index is 0.154. The van der Waals surface area contributed by atoms with Crippen LogP contribution >= 0.6 is 0 Å². The molecule has 13 aromatic carbocycles. The molecule has 13 aromatic rings. The summed E-state index contributed by atoms with van der Waals surface area (Å²) < 4.78 is 0. The molecule has 2 heterocycles. The Morgan fingerprint density at radius 3 is 1.08 bits per heavy atom. The Morgan fingerprint density at radius 1 is 0.309 bits per heavy atom. The van der Waals surface area contributed by atoms with Crippen molar-refractivity contribution in [3.63, 3.8) is 0 Å². The third-order valence-corrected chi connectivity index (χ3v) is 19.7. The highest BCUT2D eigenvalue weighted by atomic mass is 15.2. The third kappa shape index (κ3) is 11.4. The lowest BCUT2D eigenvalue weighted by Gasteiger charge is -2.46. The van der Waals surface area contributed by atoms with Crippen LogP contribution in [-0.4, -0.2) is 6.71 Å². The van der Waals surface area contributed by atoms with Crippen LogP contribution in [0.3, 0.4) is 0 Å². The van der Waals surface area contributed by atoms with Gasteiger partial charge in [-0.05, 0) is 183 Å². The molecule has 2 aliphatic heterocycles. The van der Waals surface area contributed by atoms with E-state index in [1.807, 2.05) is 36.4 Å². The quantitative estimate of drug-likeness (QED) is 0.101. The number of nitrogens with zero attached hydrogens (tertiary/aromatic N) is 4. The van der Waals surface area contributed by atoms with Crippen molar-refractivity contribution in [3.05, 3.63) is 325 Å². The molecule has 5 heteroatoms. The summed E-state index contributed by atoms with van der Waals surface area (Å²) in [6.45, 7) is 28.8. The molecule has 0 unspecified atom stereocenters. The Balaban J connectivity index is 1.15. The number of hydrogen-bond acceptors (Lipinski definition) is 3. The second-order valence-corrected chi connectivity index (χ2v) is 29.1. The number of anilines is 6. The molecule has 4 nitrogen and oxygen atoms in total. The molecule has 0 spiro atoms. The van der Waals surface area contributed by atoms with Crippen LogP contribution in [0.5, 0.6) is 0 Å². The lowest BCUT2D eigenvalue weighted by atomic mass is 9.33. The van der Waals surface area contributed by atoms with E-state index < -0.39 is 0 Å². The maximum absolute atomic E-state index is 10.4. The van der Waals surface area contributed by atoms with Gasteiger partial charge in [-0.25, -0.2) is 4.85 Å². The van der Waals surface area contributed by atoms with Gasteiger partial charge in [-0.1, -0.05) is 287 Å². The number of fused-ring (bicyclic) bond motifs is 4. The van der Waals surface area contributed by atoms with Crippen LogP contribution in [0.2, 0.25) is 0 Å². The van der Waals surface area contributed by atoms with Crippen LogP contribution in [-0.2, 0) is 16.2 Å². The molecule has 0 N–H and O–H groups in total. The molecule has 15 rings (SSSR count). The summed E-state index contributed by atoms with van der Waals surface area (Å²) >= 11 is 0. The molecule has 97 heavy (non-hydrogen) atoms. The average Bonchev–Trinajstić information content (AvgIpc) is 0.687. The second-order valence-electron chi connectivity index (χ2n) is 29.1. The number of hydrogen-bond donors (Lipinski definition) is 0. The Morgan fingerprint density at radius 2 is 0.670 bits per heavy atom. The highest BCUT2D eigenvalue weighted by Gasteiger charge is 2.46. The monoisotopic (exact) mass is 1250 g/mol. The predicted molar refractivity (Wildman–Crippen MR) is 411 cm³/mol. The zero-order chi connectivity index (χ0) is 66.9. The first-order chi connectivity index (χ1) is 46.9. The minimum atomic E-state index is -0.348. The highest BCUT2D eigenvalue weighted by Crippen LogP contribution is 2.56. The molecule has 0 fully saturated rings. The largest absolute Gasteiger partial charge is 0.310 e. The maximum Gasteiger partial charge on any atom is 0.252 e. The Bertz CT molecular complexity index is 4980. The Hall–Kier alpha value is -11.5. The van der Waals surface area contributed by atoms with E-state index in [1.165, 1.54) is 33.1 Å². The van der Waals surface area contributed by atoms with Crippen LogP contribution < -0.4 is 26.2 Å². The summed E-state index contributed by atoms with van der Waals surface area (Å²) in [6.07, 6.45) is 0. The summed E-state index contributed by atoms with van der Waals surface area (Å²) in [6, 6.07) is 110. The molecule has 2 aliphatic rings. The van der Waals surface area contributed by atoms with Crippen LogP contribution in [0.1, 0.15) is 84.6 Å². The van der Waals surface area contributed by atoms with Crippen molar-refractivity contribution in [2.24, 2.45) is 0 Å². The van der Waals surface area contributed by atoms with Crippen molar-refractivity contribution in [3.8, 4) is 95.1 Å². The summed E-state index contributed by atoms with van der Waals surface area (Å²) in [5, 5.41) is 10.4. The van der Waals surface area contributed by atoms with E-state index in [4.69, 9.17) is 6.57 Å². The summed E-state index contributed by atoms with van der Waals surface area (Å²) in [4.78, 5) is 9.26. The fourth-order valence-electron chi connectivity index (χ4n) is 14.6. The van der Waals surface area contributed by atoms with Gasteiger partial charge in [0.15, 0.2) is 5.69 Å². The molecule has 0 saturated heterocycles. The first kappa shape index (κ1) is 61.7. The van der Waals surface area contributed by atoms with Gasteiger partial charge in [0.1, 0.15) is 0 Å². The Kier molecular flexibility index (Phi) is 15.5. The Labute approximate surface area is 573 Å². The van der Waals surface area contributed by atoms with Gasteiger partial charge in [-0.15, -0.1) is 0 Å². The standard InChI is InChI=1S/C92H75BN4/c1-90(2,3)73-40-24-38-69(48-73)79-53-71(65-36-23-27-60(47-65)59-94)51-77(63-32-19-13-20-33-63)88(79)96-83-45-43-67(61-28-15-11-16-29-61)55-81(83)93-82-56-68(62-30-17-12-18-31-62)44-46-84(82)97(86-58-75(92(7,8)9)57-85(96)87(86)93)89-78(64-34-21-14-22-35-64)52-72(66-37-26-42-76(50-66)95-10)54-80(89)70-39-25-41-74(49-70)91(4,5)6/h11-58H,1-9H3. The summed E-state index contributed by atoms with van der Waals surface area (Å²) in [5.74, 6) is 0. The number of nitriles is 1. The molecule has 0 aromatic heterocycles. The number of benzene rings is 13. The SMILES string of the molecule is [C-]#[N+]c1cccc(-c2cc(-c3ccccc3)c(N3c4ccc(-c5ccccc5)cc4B4c5cc(-c6ccccc6)ccc5N(c5c(-c6ccccc6)cc(-c6cccc(C#N)c6)cc5-c5cccc(C(C)(C)C)c5)c5cc(C(C)(C)C)cc3c54)c(-c3cccc(C(C)(C)C)c3)c2)c1. The highest BCUT2D eigenvalue weighted by molar-refractivity contribution is 7.00. The van der Waals surface area contributed by atoms with Crippen LogP contribution in [0.15, 0.2) is 291 Å². The van der Waals surface area contributed by atoms with E-state index in [0.717, 1.165) is 123 Å². The molecule has 0 aliphatic carbocycles. The first-order valence-corrected chi connectivity index (χ1v) is 33.7. The smallest absolute Gasteiger partial charge is 0.252 e. The van der Waals surface area contributed by atoms with E-state index in [1.54, 1.807) is 0 Å². The van der Waals surface area contributed by atoms with Gasteiger partial charge >= 0.3 is 0 Å². The van der Waals surface area contributed by atoms with Crippen LogP contribution in [0, 0.1) is 17.9 Å². The van der Waals surface area contributed by atoms with Crippen molar-refractivity contribution in [1.29, 1.82) is 5.26 Å². The van der Waals surface area contributed by atoms with E-state index >= 15 is 0 Å². The van der Waals surface area contributed by atoms with E-state index in [2.05, 4.69) is 338 Å². The zero-order valence-corrected chi connectivity index (χ0v) is 56.6. The lowest BCUT2D eigenvalue weighted by Crippen LogP contribution is -2.61. The topological polar surface area (TPSA) is 34.6 Å². The summed E-state index contributed by atoms with van der Waals surface area (Å²) in [5.41, 5.74) is 31.5. The van der Waals surface area contributed by atoms with E-state index in [0.29, 0.717) is 11.3 Å². The molecule has 0 radical (unpaired) electrons. The van der Waals surface area contributed by atoms with Gasteiger partial charge in [0.2, 0.25) is 0 Å². The molecular formula is C92H75BN4. The van der Waals surface area contributed by atoms with Crippen molar-refractivity contribution in [1.82, 2.24) is 0 Å². The predicted octanol–water partition coefficient (Wildman–Crippen LogP) is 23.4. The molecule has 0 amide bonds. The van der Waals surface area contributed by atoms with Gasteiger partial charge in [0.05, 0.1) is 29.6 Å². The van der Waals surface area contributed by atoms with E-state index in [9.17, 15) is 5.26 Å². The van der Waals surface area contributed by atoms with E-state index in [-0.39, 0.29) is 23.0 Å². The molecule has 0 atom stereocenters. The first-order valence-electron chi connectivity index (χ1n) is 33.7. The van der Waals surface area contributed by atoms with Gasteiger partial charge in [0, 0.05) is 45.0 Å². The van der Waals surface area contributed by atoms with Gasteiger partial charge in [-0.3, -0.25) is 0 Å². The molecule has 466 valence electrons. The lowest BCUT2D eigenvalue weighted by molar-refractivity contribution is 0.590. The van der Waals surface area contributed by atoms with Crippen molar-refractivity contribution in [2.45, 2.75) is 78.6 Å². The summed E-state index contributed by atoms with van der Waals surface area (Å²) in [7, 11) is 0. The van der Waals surface area contributed by atoms with Crippen LogP contribution in [0.4, 0.5) is 39.8 Å². The second kappa shape index (κ2) is 24.4. The molecular weight excluding hydrogens is 1170 g/mol. The normalized spacial score (nSPS) is 12.5. The maximum atomic E-state index is 10.4. The zero-order valence-electron chi connectivity index (χ0n) is 56.6. The van der Waals surface area contributed by atoms with Crippen molar-refractivity contribution < 1.29 is 0 Å². The van der Waals surface area contributed by atoms with Gasteiger partial charge < -0.3 is 9.80 Å². The fraction of sp³-hybridized carbons (Fsp3) is 0.130. The van der Waals surface area contributed by atoms with Crippen molar-refractivity contribution in [2.75, 3.05) is 9.80 Å². The van der Waals surface area contributed by atoms with Gasteiger partial charge in [0.25, 0.3) is 6.71 Å². The van der Waals surface area contributed by atoms with Gasteiger partial charge in [-0.2, -0.15) is 5.26 Å². The molecule has 0 saturated carbocycles. The average molecular weight is 1250 g/mol. The minimum Gasteiger partial charge on any atom is -0.310 e. The number of rotatable bonds is 10. The fourth-order valence-corrected chi connectivity index (χ4v) is 14.6.